The lowest BCUT2D eigenvalue weighted by atomic mass is 10.1. The van der Waals surface area contributed by atoms with Crippen molar-refractivity contribution in [3.05, 3.63) is 35.9 Å². The van der Waals surface area contributed by atoms with E-state index in [0.29, 0.717) is 12.0 Å². The van der Waals surface area contributed by atoms with E-state index < -0.39 is 0 Å². The number of hydrogen-bond donors (Lipinski definition) is 2. The summed E-state index contributed by atoms with van der Waals surface area (Å²) in [5, 5.41) is 6.94. The summed E-state index contributed by atoms with van der Waals surface area (Å²) in [7, 11) is 0. The number of hydrogen-bond acceptors (Lipinski definition) is 3. The van der Waals surface area contributed by atoms with Crippen LogP contribution in [0.15, 0.2) is 35.3 Å². The summed E-state index contributed by atoms with van der Waals surface area (Å²) < 4.78 is 0. The maximum absolute atomic E-state index is 12.2. The van der Waals surface area contributed by atoms with Gasteiger partial charge in [0.2, 0.25) is 5.91 Å². The molecule has 3 atom stereocenters. The second-order valence-corrected chi connectivity index (χ2v) is 9.15. The first-order valence-corrected chi connectivity index (χ1v) is 11.6. The zero-order valence-electron chi connectivity index (χ0n) is 19.1. The van der Waals surface area contributed by atoms with Crippen molar-refractivity contribution in [3.63, 3.8) is 0 Å². The molecule has 0 aliphatic carbocycles. The predicted molar refractivity (Wildman–Crippen MR) is 123 cm³/mol. The van der Waals surface area contributed by atoms with Gasteiger partial charge in [-0.1, -0.05) is 44.2 Å². The quantitative estimate of drug-likeness (QED) is 0.533. The highest BCUT2D eigenvalue weighted by Gasteiger charge is 2.30. The topological polar surface area (TPSA) is 60.0 Å². The second-order valence-electron chi connectivity index (χ2n) is 9.15. The van der Waals surface area contributed by atoms with E-state index in [1.807, 2.05) is 18.7 Å². The molecule has 2 aliphatic rings. The Labute approximate surface area is 182 Å². The number of guanidine groups is 1. The number of amides is 1. The van der Waals surface area contributed by atoms with E-state index in [0.717, 1.165) is 51.6 Å². The van der Waals surface area contributed by atoms with Gasteiger partial charge in [0.25, 0.3) is 0 Å². The summed E-state index contributed by atoms with van der Waals surface area (Å²) in [5.41, 5.74) is 1.38. The zero-order chi connectivity index (χ0) is 21.5. The molecule has 0 spiro atoms. The van der Waals surface area contributed by atoms with Crippen LogP contribution in [0.1, 0.15) is 46.1 Å². The molecule has 1 aromatic rings. The van der Waals surface area contributed by atoms with Gasteiger partial charge in [-0.15, -0.1) is 0 Å². The summed E-state index contributed by atoms with van der Waals surface area (Å²) in [4.78, 5) is 21.7. The predicted octanol–water partition coefficient (Wildman–Crippen LogP) is 2.71. The number of aliphatic imine (C=N–C) groups is 1. The van der Waals surface area contributed by atoms with Gasteiger partial charge in [-0.3, -0.25) is 14.7 Å². The maximum atomic E-state index is 12.2. The Kier molecular flexibility index (Phi) is 8.14. The molecule has 0 bridgehead atoms. The van der Waals surface area contributed by atoms with Gasteiger partial charge in [0, 0.05) is 57.3 Å². The van der Waals surface area contributed by atoms with Gasteiger partial charge in [-0.05, 0) is 38.2 Å². The molecule has 2 N–H and O–H groups in total. The third-order valence-corrected chi connectivity index (χ3v) is 6.21. The van der Waals surface area contributed by atoms with Gasteiger partial charge in [0.05, 0.1) is 0 Å². The fourth-order valence-corrected chi connectivity index (χ4v) is 4.57. The maximum Gasteiger partial charge on any atom is 0.225 e. The summed E-state index contributed by atoms with van der Waals surface area (Å²) >= 11 is 0. The number of nitrogens with zero attached hydrogens (tertiary/aromatic N) is 3. The lowest BCUT2D eigenvalue weighted by molar-refractivity contribution is -0.133. The lowest BCUT2D eigenvalue weighted by Gasteiger charge is -2.21. The van der Waals surface area contributed by atoms with Crippen LogP contribution in [0.5, 0.6) is 0 Å². The van der Waals surface area contributed by atoms with Gasteiger partial charge in [0.15, 0.2) is 5.96 Å². The van der Waals surface area contributed by atoms with Crippen molar-refractivity contribution in [3.8, 4) is 0 Å². The Hall–Kier alpha value is -2.08. The smallest absolute Gasteiger partial charge is 0.225 e. The van der Waals surface area contributed by atoms with Crippen LogP contribution in [0.4, 0.5) is 0 Å². The second kappa shape index (κ2) is 10.8. The fourth-order valence-electron chi connectivity index (χ4n) is 4.57. The van der Waals surface area contributed by atoms with E-state index in [-0.39, 0.29) is 17.9 Å². The lowest BCUT2D eigenvalue weighted by Crippen LogP contribution is -2.45. The van der Waals surface area contributed by atoms with Crippen molar-refractivity contribution in [1.82, 2.24) is 20.4 Å². The number of nitrogens with one attached hydrogen (secondary N) is 2. The normalized spacial score (nSPS) is 25.2. The number of carbonyl (C=O) groups is 1. The summed E-state index contributed by atoms with van der Waals surface area (Å²) in [6, 6.07) is 11.6. The summed E-state index contributed by atoms with van der Waals surface area (Å²) in [6.07, 6.45) is 2.17. The molecule has 6 nitrogen and oxygen atoms in total. The van der Waals surface area contributed by atoms with E-state index in [2.05, 4.69) is 59.7 Å². The zero-order valence-corrected chi connectivity index (χ0v) is 19.1. The van der Waals surface area contributed by atoms with Gasteiger partial charge in [0.1, 0.15) is 0 Å². The molecule has 166 valence electrons. The van der Waals surface area contributed by atoms with Crippen LogP contribution < -0.4 is 10.6 Å². The average molecular weight is 414 g/mol. The van der Waals surface area contributed by atoms with Crippen molar-refractivity contribution in [2.75, 3.05) is 32.7 Å². The minimum atomic E-state index is 0.0637. The van der Waals surface area contributed by atoms with Crippen LogP contribution in [0, 0.1) is 11.8 Å². The Morgan fingerprint density at radius 1 is 1.23 bits per heavy atom. The van der Waals surface area contributed by atoms with Crippen molar-refractivity contribution >= 4 is 11.9 Å². The molecule has 3 rings (SSSR count). The molecule has 0 saturated carbocycles. The molecule has 1 amide bonds. The molecule has 0 radical (unpaired) electrons. The van der Waals surface area contributed by atoms with Crippen LogP contribution in [-0.4, -0.2) is 66.5 Å². The van der Waals surface area contributed by atoms with Crippen molar-refractivity contribution < 1.29 is 4.79 Å². The van der Waals surface area contributed by atoms with E-state index in [9.17, 15) is 4.79 Å². The van der Waals surface area contributed by atoms with E-state index >= 15 is 0 Å². The number of rotatable bonds is 7. The Morgan fingerprint density at radius 2 is 2.00 bits per heavy atom. The molecular formula is C24H39N5O. The van der Waals surface area contributed by atoms with Gasteiger partial charge in [-0.25, -0.2) is 0 Å². The molecule has 0 aromatic heterocycles. The van der Waals surface area contributed by atoms with Crippen LogP contribution >= 0.6 is 0 Å². The molecule has 1 aromatic carbocycles. The first kappa shape index (κ1) is 22.6. The third kappa shape index (κ3) is 6.21. The molecule has 6 heteroatoms. The summed E-state index contributed by atoms with van der Waals surface area (Å²) in [5.74, 6) is 1.78. The van der Waals surface area contributed by atoms with Gasteiger partial charge in [-0.2, -0.15) is 0 Å². The molecule has 2 saturated heterocycles. The van der Waals surface area contributed by atoms with Crippen LogP contribution in [0.2, 0.25) is 0 Å². The van der Waals surface area contributed by atoms with Gasteiger partial charge >= 0.3 is 0 Å². The molecule has 2 heterocycles. The fraction of sp³-hybridized carbons (Fsp3) is 0.667. The monoisotopic (exact) mass is 413 g/mol. The Balaban J connectivity index is 1.50. The number of benzene rings is 1. The standard InChI is InChI=1S/C24H39N5O/c1-5-25-24(27-22-11-12-28(17-22)23(30)18(2)3)26-14-21-13-19(4)29(16-21)15-20-9-7-6-8-10-20/h6-10,18-19,21-22H,5,11-17H2,1-4H3,(H2,25,26,27). The molecule has 2 fully saturated rings. The molecular weight excluding hydrogens is 374 g/mol. The van der Waals surface area contributed by atoms with E-state index in [4.69, 9.17) is 4.99 Å². The van der Waals surface area contributed by atoms with Gasteiger partial charge < -0.3 is 15.5 Å². The largest absolute Gasteiger partial charge is 0.357 e. The molecule has 2 aliphatic heterocycles. The summed E-state index contributed by atoms with van der Waals surface area (Å²) in [6.45, 7) is 13.8. The average Bonchev–Trinajstić information content (AvgIpc) is 3.33. The van der Waals surface area contributed by atoms with Crippen LogP contribution in [0.3, 0.4) is 0 Å². The minimum Gasteiger partial charge on any atom is -0.357 e. The molecule has 3 unspecified atom stereocenters. The number of carbonyl (C=O) groups excluding carboxylic acids is 1. The highest BCUT2D eigenvalue weighted by atomic mass is 16.2. The third-order valence-electron chi connectivity index (χ3n) is 6.21. The van der Waals surface area contributed by atoms with Crippen LogP contribution in [-0.2, 0) is 11.3 Å². The van der Waals surface area contributed by atoms with E-state index in [1.165, 1.54) is 12.0 Å². The SMILES string of the molecule is CCNC(=NCC1CC(C)N(Cc2ccccc2)C1)NC1CCN(C(=O)C(C)C)C1. The Morgan fingerprint density at radius 3 is 2.70 bits per heavy atom. The Bertz CT molecular complexity index is 705. The molecule has 30 heavy (non-hydrogen) atoms. The number of likely N-dealkylation sites (tertiary alicyclic amines) is 2. The highest BCUT2D eigenvalue weighted by molar-refractivity contribution is 5.81. The van der Waals surface area contributed by atoms with Crippen molar-refractivity contribution in [2.45, 2.75) is 59.2 Å². The van der Waals surface area contributed by atoms with Crippen molar-refractivity contribution in [2.24, 2.45) is 16.8 Å². The minimum absolute atomic E-state index is 0.0637. The van der Waals surface area contributed by atoms with Crippen LogP contribution in [0.25, 0.3) is 0 Å². The van der Waals surface area contributed by atoms with Crippen molar-refractivity contribution in [1.29, 1.82) is 0 Å². The first-order valence-electron chi connectivity index (χ1n) is 11.6. The first-order chi connectivity index (χ1) is 14.5. The highest BCUT2D eigenvalue weighted by Crippen LogP contribution is 2.25. The van der Waals surface area contributed by atoms with E-state index in [1.54, 1.807) is 0 Å².